The van der Waals surface area contributed by atoms with Crippen molar-refractivity contribution in [1.29, 1.82) is 5.39 Å². The number of diazo groups is 1. The van der Waals surface area contributed by atoms with Crippen molar-refractivity contribution >= 4 is 22.3 Å². The smallest absolute Gasteiger partial charge is 0.444 e. The zero-order valence-electron chi connectivity index (χ0n) is 9.15. The first-order chi connectivity index (χ1) is 7.76. The molecule has 1 aromatic heterocycles. The summed E-state index contributed by atoms with van der Waals surface area (Å²) in [5, 5.41) is 9.50. The van der Waals surface area contributed by atoms with Gasteiger partial charge in [-0.15, -0.1) is 0 Å². The van der Waals surface area contributed by atoms with E-state index in [-0.39, 0.29) is 12.4 Å². The number of hydrogen-bond donors (Lipinski definition) is 0. The van der Waals surface area contributed by atoms with Gasteiger partial charge in [0.25, 0.3) is 0 Å². The number of hydrogen-bond acceptors (Lipinski definition) is 4. The molecule has 0 fully saturated rings. The SMILES string of the molecule is COC(=O)Cc1c([N+]#N)sc2c1CCCC2. The molecule has 0 saturated carbocycles. The van der Waals surface area contributed by atoms with Crippen LogP contribution in [0.4, 0.5) is 5.00 Å². The monoisotopic (exact) mass is 237 g/mol. The third-order valence-electron chi connectivity index (χ3n) is 2.90. The van der Waals surface area contributed by atoms with E-state index < -0.39 is 0 Å². The van der Waals surface area contributed by atoms with Crippen molar-refractivity contribution in [2.45, 2.75) is 32.1 Å². The van der Waals surface area contributed by atoms with E-state index in [1.165, 1.54) is 35.3 Å². The van der Waals surface area contributed by atoms with Crippen LogP contribution in [0.25, 0.3) is 4.98 Å². The predicted molar refractivity (Wildman–Crippen MR) is 61.4 cm³/mol. The number of nitrogens with zero attached hydrogens (tertiary/aromatic N) is 2. The van der Waals surface area contributed by atoms with Crippen LogP contribution in [0.1, 0.15) is 28.8 Å². The van der Waals surface area contributed by atoms with Crippen molar-refractivity contribution in [3.63, 3.8) is 0 Å². The Bertz CT molecular complexity index is 459. The lowest BCUT2D eigenvalue weighted by atomic mass is 9.94. The van der Waals surface area contributed by atoms with Crippen LogP contribution in [0, 0.1) is 5.39 Å². The molecule has 1 aromatic rings. The highest BCUT2D eigenvalue weighted by Crippen LogP contribution is 2.40. The van der Waals surface area contributed by atoms with Gasteiger partial charge < -0.3 is 4.74 Å². The molecule has 0 unspecified atom stereocenters. The molecule has 0 aromatic carbocycles. The molecule has 0 spiro atoms. The molecule has 1 heterocycles. The molecule has 0 atom stereocenters. The highest BCUT2D eigenvalue weighted by Gasteiger charge is 2.29. The fraction of sp³-hybridized carbons (Fsp3) is 0.545. The predicted octanol–water partition coefficient (Wildman–Crippen LogP) is 2.83. The summed E-state index contributed by atoms with van der Waals surface area (Å²) in [6.45, 7) is 0. The van der Waals surface area contributed by atoms with E-state index in [0.717, 1.165) is 24.8 Å². The van der Waals surface area contributed by atoms with E-state index in [1.54, 1.807) is 0 Å². The highest BCUT2D eigenvalue weighted by atomic mass is 32.1. The fourth-order valence-electron chi connectivity index (χ4n) is 2.10. The summed E-state index contributed by atoms with van der Waals surface area (Å²) >= 11 is 1.49. The molecule has 0 bridgehead atoms. The van der Waals surface area contributed by atoms with Gasteiger partial charge in [-0.2, -0.15) is 0 Å². The van der Waals surface area contributed by atoms with Crippen molar-refractivity contribution in [1.82, 2.24) is 0 Å². The first-order valence-electron chi connectivity index (χ1n) is 5.31. The number of thiophene rings is 1. The van der Waals surface area contributed by atoms with Gasteiger partial charge in [0.05, 0.1) is 19.1 Å². The fourth-order valence-corrected chi connectivity index (χ4v) is 3.28. The normalized spacial score (nSPS) is 14.0. The maximum atomic E-state index is 11.3. The van der Waals surface area contributed by atoms with Gasteiger partial charge in [-0.1, -0.05) is 0 Å². The Morgan fingerprint density at radius 1 is 1.50 bits per heavy atom. The van der Waals surface area contributed by atoms with Gasteiger partial charge in [0.15, 0.2) is 4.98 Å². The Labute approximate surface area is 97.9 Å². The Balaban J connectivity index is 2.38. The standard InChI is InChI=1S/C11H13N2O2S/c1-15-10(14)6-8-7-4-2-3-5-9(7)16-11(8)13-12/h2-6H2,1H3/q+1. The van der Waals surface area contributed by atoms with Gasteiger partial charge in [0.2, 0.25) is 5.39 Å². The van der Waals surface area contributed by atoms with Crippen LogP contribution in [-0.4, -0.2) is 13.1 Å². The van der Waals surface area contributed by atoms with Crippen molar-refractivity contribution in [2.75, 3.05) is 7.11 Å². The molecule has 16 heavy (non-hydrogen) atoms. The average molecular weight is 237 g/mol. The lowest BCUT2D eigenvalue weighted by Gasteiger charge is -2.10. The van der Waals surface area contributed by atoms with Crippen LogP contribution in [0.5, 0.6) is 0 Å². The second-order valence-corrected chi connectivity index (χ2v) is 4.93. The molecule has 0 saturated heterocycles. The van der Waals surface area contributed by atoms with Crippen LogP contribution in [0.15, 0.2) is 0 Å². The van der Waals surface area contributed by atoms with Gasteiger partial charge in [0, 0.05) is 4.88 Å². The molecular weight excluding hydrogens is 224 g/mol. The minimum Gasteiger partial charge on any atom is -0.469 e. The van der Waals surface area contributed by atoms with E-state index in [2.05, 4.69) is 9.71 Å². The Kier molecular flexibility index (Phi) is 3.20. The Hall–Kier alpha value is -1.41. The number of aryl methyl sites for hydroxylation is 1. The number of carbonyl (C=O) groups excluding carboxylic acids is 1. The number of ether oxygens (including phenoxy) is 1. The van der Waals surface area contributed by atoms with E-state index in [0.29, 0.717) is 5.00 Å². The number of rotatable bonds is 2. The maximum Gasteiger partial charge on any atom is 0.444 e. The van der Waals surface area contributed by atoms with Crippen LogP contribution in [-0.2, 0) is 28.8 Å². The molecule has 0 N–H and O–H groups in total. The Morgan fingerprint density at radius 3 is 2.94 bits per heavy atom. The van der Waals surface area contributed by atoms with Crippen LogP contribution in [0.3, 0.4) is 0 Å². The van der Waals surface area contributed by atoms with Gasteiger partial charge >= 0.3 is 11.0 Å². The van der Waals surface area contributed by atoms with Gasteiger partial charge in [-0.3, -0.25) is 4.79 Å². The van der Waals surface area contributed by atoms with E-state index in [4.69, 9.17) is 5.39 Å². The molecule has 4 nitrogen and oxygen atoms in total. The summed E-state index contributed by atoms with van der Waals surface area (Å²) in [6.07, 6.45) is 4.54. The summed E-state index contributed by atoms with van der Waals surface area (Å²) in [6, 6.07) is 0. The quantitative estimate of drug-likeness (QED) is 0.587. The minimum absolute atomic E-state index is 0.210. The van der Waals surface area contributed by atoms with Crippen LogP contribution in [0.2, 0.25) is 0 Å². The van der Waals surface area contributed by atoms with Crippen molar-refractivity contribution in [3.8, 4) is 0 Å². The second kappa shape index (κ2) is 4.62. The third kappa shape index (κ3) is 1.93. The summed E-state index contributed by atoms with van der Waals surface area (Å²) in [5.74, 6) is -0.281. The molecule has 84 valence electrons. The summed E-state index contributed by atoms with van der Waals surface area (Å²) in [7, 11) is 1.37. The molecule has 0 radical (unpaired) electrons. The number of fused-ring (bicyclic) bond motifs is 1. The summed E-state index contributed by atoms with van der Waals surface area (Å²) in [5.41, 5.74) is 2.06. The second-order valence-electron chi connectivity index (χ2n) is 3.85. The first-order valence-corrected chi connectivity index (χ1v) is 6.13. The van der Waals surface area contributed by atoms with Gasteiger partial charge in [-0.05, 0) is 42.6 Å². The van der Waals surface area contributed by atoms with Crippen molar-refractivity contribution in [3.05, 3.63) is 21.0 Å². The highest BCUT2D eigenvalue weighted by molar-refractivity contribution is 7.16. The minimum atomic E-state index is -0.281. The average Bonchev–Trinajstić information content (AvgIpc) is 2.67. The zero-order valence-corrected chi connectivity index (χ0v) is 9.97. The number of methoxy groups -OCH3 is 1. The van der Waals surface area contributed by atoms with Crippen LogP contribution >= 0.6 is 11.3 Å². The lowest BCUT2D eigenvalue weighted by Crippen LogP contribution is -2.08. The van der Waals surface area contributed by atoms with Gasteiger partial charge in [-0.25, -0.2) is 0 Å². The molecule has 1 aliphatic carbocycles. The first kappa shape index (κ1) is 11.1. The van der Waals surface area contributed by atoms with Crippen molar-refractivity contribution in [2.24, 2.45) is 0 Å². The summed E-state index contributed by atoms with van der Waals surface area (Å²) < 4.78 is 4.66. The number of carbonyl (C=O) groups is 1. The maximum absolute atomic E-state index is 11.3. The van der Waals surface area contributed by atoms with Gasteiger partial charge in [0.1, 0.15) is 0 Å². The molecule has 5 heteroatoms. The zero-order chi connectivity index (χ0) is 11.5. The molecular formula is C11H13N2O2S+. The van der Waals surface area contributed by atoms with E-state index >= 15 is 0 Å². The Morgan fingerprint density at radius 2 is 2.25 bits per heavy atom. The van der Waals surface area contributed by atoms with E-state index in [9.17, 15) is 4.79 Å². The molecule has 0 aliphatic heterocycles. The topological polar surface area (TPSA) is 54.5 Å². The van der Waals surface area contributed by atoms with Crippen LogP contribution < -0.4 is 0 Å². The molecule has 0 amide bonds. The molecule has 1 aliphatic rings. The third-order valence-corrected chi connectivity index (χ3v) is 4.12. The number of esters is 1. The summed E-state index contributed by atoms with van der Waals surface area (Å²) in [4.78, 5) is 15.8. The lowest BCUT2D eigenvalue weighted by molar-refractivity contribution is -0.139. The van der Waals surface area contributed by atoms with Crippen molar-refractivity contribution < 1.29 is 9.53 Å². The largest absolute Gasteiger partial charge is 0.469 e. The molecule has 2 rings (SSSR count). The van der Waals surface area contributed by atoms with E-state index in [1.807, 2.05) is 0 Å².